The molecule has 1 fully saturated rings. The number of aryl methyl sites for hydroxylation is 1. The average Bonchev–Trinajstić information content (AvgIpc) is 3.17. The van der Waals surface area contributed by atoms with Gasteiger partial charge in [-0.15, -0.1) is 5.06 Å². The van der Waals surface area contributed by atoms with Crippen LogP contribution in [0.5, 0.6) is 0 Å². The van der Waals surface area contributed by atoms with Crippen LogP contribution in [-0.4, -0.2) is 53.7 Å². The zero-order valence-corrected chi connectivity index (χ0v) is 23.2. The summed E-state index contributed by atoms with van der Waals surface area (Å²) in [5.41, 5.74) is 9.09. The Morgan fingerprint density at radius 1 is 1.05 bits per heavy atom. The Hall–Kier alpha value is -2.45. The Balaban J connectivity index is 2.12. The van der Waals surface area contributed by atoms with Crippen molar-refractivity contribution in [3.8, 4) is 0 Å². The number of likely N-dealkylation sites (N-methyl/N-ethyl adjacent to an activating group) is 1. The summed E-state index contributed by atoms with van der Waals surface area (Å²) in [6.07, 6.45) is 11.6. The molecule has 1 aromatic rings. The van der Waals surface area contributed by atoms with Crippen LogP contribution in [0.15, 0.2) is 18.2 Å². The minimum atomic E-state index is -0.719. The molecule has 0 bridgehead atoms. The van der Waals surface area contributed by atoms with E-state index in [0.29, 0.717) is 11.5 Å². The van der Waals surface area contributed by atoms with E-state index in [-0.39, 0.29) is 25.4 Å². The van der Waals surface area contributed by atoms with Gasteiger partial charge in [-0.05, 0) is 42.4 Å². The number of imide groups is 1. The van der Waals surface area contributed by atoms with Gasteiger partial charge in [-0.25, -0.2) is 4.79 Å². The number of aliphatic hydroxyl groups is 1. The number of nitrogens with two attached hydrogens (primary N) is 1. The van der Waals surface area contributed by atoms with Crippen LogP contribution in [0.25, 0.3) is 0 Å². The topological polar surface area (TPSA) is 113 Å². The Morgan fingerprint density at radius 3 is 2.22 bits per heavy atom. The minimum absolute atomic E-state index is 0.0534. The standard InChI is InChI=1S/C29H47N3O5/c1-5-6-7-8-9-10-11-12-13-22-14-15-25(23(18-22)19-24(30)20-33)31(4)28(21(2)3)29(36)37-32-26(34)16-17-27(32)35/h14-15,18,21,24,28,33H,5-13,16-17,19-20,30H2,1-4H3/t24?,28-/m0/s1. The molecule has 0 aliphatic carbocycles. The van der Waals surface area contributed by atoms with Gasteiger partial charge in [0.05, 0.1) is 6.61 Å². The first-order valence-electron chi connectivity index (χ1n) is 14.0. The highest BCUT2D eigenvalue weighted by molar-refractivity contribution is 6.02. The zero-order valence-electron chi connectivity index (χ0n) is 23.2. The second kappa shape index (κ2) is 15.7. The number of unbranched alkanes of at least 4 members (excludes halogenated alkanes) is 7. The number of hydrogen-bond acceptors (Lipinski definition) is 7. The number of anilines is 1. The number of amides is 2. The molecule has 2 amide bonds. The third-order valence-corrected chi connectivity index (χ3v) is 7.04. The van der Waals surface area contributed by atoms with Crippen molar-refractivity contribution in [3.63, 3.8) is 0 Å². The summed E-state index contributed by atoms with van der Waals surface area (Å²) in [6, 6.07) is 5.06. The number of rotatable bonds is 17. The maximum absolute atomic E-state index is 13.1. The van der Waals surface area contributed by atoms with Crippen molar-refractivity contribution >= 4 is 23.5 Å². The van der Waals surface area contributed by atoms with Crippen molar-refractivity contribution in [2.75, 3.05) is 18.6 Å². The van der Waals surface area contributed by atoms with E-state index in [1.54, 1.807) is 7.05 Å². The van der Waals surface area contributed by atoms with Crippen molar-refractivity contribution in [2.45, 2.75) is 110 Å². The lowest BCUT2D eigenvalue weighted by molar-refractivity contribution is -0.199. The molecule has 0 aromatic heterocycles. The number of benzene rings is 1. The summed E-state index contributed by atoms with van der Waals surface area (Å²) in [5, 5.41) is 10.2. The average molecular weight is 518 g/mol. The molecule has 0 spiro atoms. The molecule has 37 heavy (non-hydrogen) atoms. The Labute approximate surface area is 222 Å². The molecule has 208 valence electrons. The normalized spacial score (nSPS) is 15.4. The van der Waals surface area contributed by atoms with Crippen LogP contribution in [-0.2, 0) is 32.1 Å². The first-order chi connectivity index (χ1) is 17.7. The number of hydrogen-bond donors (Lipinski definition) is 2. The van der Waals surface area contributed by atoms with E-state index in [1.807, 2.05) is 24.8 Å². The summed E-state index contributed by atoms with van der Waals surface area (Å²) < 4.78 is 0. The first kappa shape index (κ1) is 30.8. The molecule has 2 rings (SSSR count). The summed E-state index contributed by atoms with van der Waals surface area (Å²) in [4.78, 5) is 44.1. The fraction of sp³-hybridized carbons (Fsp3) is 0.690. The summed E-state index contributed by atoms with van der Waals surface area (Å²) >= 11 is 0. The molecule has 0 saturated carbocycles. The molecule has 3 N–H and O–H groups in total. The number of carbonyl (C=O) groups excluding carboxylic acids is 3. The van der Waals surface area contributed by atoms with Gasteiger partial charge in [-0.2, -0.15) is 0 Å². The lowest BCUT2D eigenvalue weighted by atomic mass is 9.96. The molecule has 1 saturated heterocycles. The van der Waals surface area contributed by atoms with E-state index in [2.05, 4.69) is 19.1 Å². The van der Waals surface area contributed by atoms with Crippen molar-refractivity contribution in [1.29, 1.82) is 0 Å². The molecule has 8 nitrogen and oxygen atoms in total. The second-order valence-electron chi connectivity index (χ2n) is 10.6. The van der Waals surface area contributed by atoms with E-state index >= 15 is 0 Å². The van der Waals surface area contributed by atoms with Gasteiger partial charge >= 0.3 is 5.97 Å². The quantitative estimate of drug-likeness (QED) is 0.234. The fourth-order valence-corrected chi connectivity index (χ4v) is 4.94. The number of hydroxylamine groups is 2. The van der Waals surface area contributed by atoms with Crippen LogP contribution < -0.4 is 10.6 Å². The van der Waals surface area contributed by atoms with Crippen LogP contribution in [0.3, 0.4) is 0 Å². The number of carbonyl (C=O) groups is 3. The highest BCUT2D eigenvalue weighted by Crippen LogP contribution is 2.28. The Morgan fingerprint density at radius 2 is 1.65 bits per heavy atom. The molecule has 1 aliphatic heterocycles. The van der Waals surface area contributed by atoms with Gasteiger partial charge in [-0.1, -0.05) is 77.8 Å². The minimum Gasteiger partial charge on any atom is -0.395 e. The van der Waals surface area contributed by atoms with Crippen molar-refractivity contribution in [2.24, 2.45) is 11.7 Å². The van der Waals surface area contributed by atoms with E-state index in [1.165, 1.54) is 50.5 Å². The third kappa shape index (κ3) is 9.42. The second-order valence-corrected chi connectivity index (χ2v) is 10.6. The lowest BCUT2D eigenvalue weighted by Crippen LogP contribution is -2.47. The highest BCUT2D eigenvalue weighted by Gasteiger charge is 2.37. The van der Waals surface area contributed by atoms with Crippen molar-refractivity contribution in [1.82, 2.24) is 5.06 Å². The zero-order chi connectivity index (χ0) is 27.4. The molecule has 1 unspecified atom stereocenters. The van der Waals surface area contributed by atoms with Gasteiger partial charge in [0.2, 0.25) is 0 Å². The third-order valence-electron chi connectivity index (χ3n) is 7.04. The summed E-state index contributed by atoms with van der Waals surface area (Å²) in [6.45, 7) is 5.89. The van der Waals surface area contributed by atoms with Crippen molar-refractivity contribution in [3.05, 3.63) is 29.3 Å². The summed E-state index contributed by atoms with van der Waals surface area (Å²) in [7, 11) is 1.81. The Bertz CT molecular complexity index is 872. The number of nitrogens with zero attached hydrogens (tertiary/aromatic N) is 2. The first-order valence-corrected chi connectivity index (χ1v) is 14.0. The van der Waals surface area contributed by atoms with Crippen LogP contribution in [0.1, 0.15) is 96.1 Å². The van der Waals surface area contributed by atoms with Crippen LogP contribution in [0.4, 0.5) is 5.69 Å². The fourth-order valence-electron chi connectivity index (χ4n) is 4.94. The maximum atomic E-state index is 13.1. The molecule has 8 heteroatoms. The molecule has 1 aliphatic rings. The lowest BCUT2D eigenvalue weighted by Gasteiger charge is -2.33. The van der Waals surface area contributed by atoms with Gasteiger partial charge in [0.1, 0.15) is 6.04 Å². The molecular formula is C29H47N3O5. The van der Waals surface area contributed by atoms with Crippen molar-refractivity contribution < 1.29 is 24.3 Å². The Kier molecular flexibility index (Phi) is 13.1. The molecule has 2 atom stereocenters. The van der Waals surface area contributed by atoms with Gasteiger partial charge in [0.15, 0.2) is 0 Å². The summed E-state index contributed by atoms with van der Waals surface area (Å²) in [5.74, 6) is -1.80. The van der Waals surface area contributed by atoms with Gasteiger partial charge in [0.25, 0.3) is 11.8 Å². The van der Waals surface area contributed by atoms with Gasteiger partial charge in [0, 0.05) is 31.6 Å². The highest BCUT2D eigenvalue weighted by atomic mass is 16.7. The predicted molar refractivity (Wildman–Crippen MR) is 146 cm³/mol. The number of aliphatic hydroxyl groups excluding tert-OH is 1. The van der Waals surface area contributed by atoms with E-state index in [9.17, 15) is 19.5 Å². The van der Waals surface area contributed by atoms with Gasteiger partial charge < -0.3 is 20.6 Å². The maximum Gasteiger partial charge on any atom is 0.355 e. The van der Waals surface area contributed by atoms with Crippen LogP contribution in [0, 0.1) is 5.92 Å². The monoisotopic (exact) mass is 517 g/mol. The SMILES string of the molecule is CCCCCCCCCCc1ccc(N(C)[C@H](C(=O)ON2C(=O)CCC2=O)C(C)C)c(CC(N)CO)c1. The van der Waals surface area contributed by atoms with E-state index < -0.39 is 29.9 Å². The predicted octanol–water partition coefficient (Wildman–Crippen LogP) is 4.30. The van der Waals surface area contributed by atoms with Crippen LogP contribution in [0.2, 0.25) is 0 Å². The molecule has 1 aromatic carbocycles. The largest absolute Gasteiger partial charge is 0.395 e. The molecule has 0 radical (unpaired) electrons. The van der Waals surface area contributed by atoms with Crippen LogP contribution >= 0.6 is 0 Å². The van der Waals surface area contributed by atoms with E-state index in [0.717, 1.165) is 24.1 Å². The van der Waals surface area contributed by atoms with Gasteiger partial charge in [-0.3, -0.25) is 9.59 Å². The smallest absolute Gasteiger partial charge is 0.355 e. The van der Waals surface area contributed by atoms with E-state index in [4.69, 9.17) is 10.6 Å². The molecule has 1 heterocycles. The molecular weight excluding hydrogens is 470 g/mol.